The van der Waals surface area contributed by atoms with Crippen molar-refractivity contribution in [3.63, 3.8) is 0 Å². The molecule has 0 aliphatic carbocycles. The van der Waals surface area contributed by atoms with Gasteiger partial charge in [-0.3, -0.25) is 0 Å². The predicted octanol–water partition coefficient (Wildman–Crippen LogP) is 9.78. The van der Waals surface area contributed by atoms with Crippen LogP contribution in [0.4, 0.5) is 34.1 Å². The molecule has 6 aromatic carbocycles. The monoisotopic (exact) mass is 462 g/mol. The minimum Gasteiger partial charge on any atom is -0.310 e. The van der Waals surface area contributed by atoms with Crippen molar-refractivity contribution >= 4 is 44.9 Å². The van der Waals surface area contributed by atoms with E-state index >= 15 is 0 Å². The lowest BCUT2D eigenvalue weighted by Gasteiger charge is -2.28. The summed E-state index contributed by atoms with van der Waals surface area (Å²) in [6, 6.07) is 55.5. The van der Waals surface area contributed by atoms with Crippen molar-refractivity contribution < 1.29 is 0 Å². The van der Waals surface area contributed by atoms with Gasteiger partial charge in [0, 0.05) is 33.8 Å². The SMILES string of the molecule is c1ccc(N(c2ccccc2)c2ccc3cccc(N(c4ccccc4)c4ccccc4)c3c2)cc1. The molecule has 0 aliphatic rings. The molecule has 0 aliphatic heterocycles. The molecule has 0 aromatic heterocycles. The fourth-order valence-electron chi connectivity index (χ4n) is 4.76. The predicted molar refractivity (Wildman–Crippen MR) is 153 cm³/mol. The third kappa shape index (κ3) is 4.21. The maximum atomic E-state index is 2.33. The summed E-state index contributed by atoms with van der Waals surface area (Å²) in [4.78, 5) is 4.65. The van der Waals surface area contributed by atoms with Gasteiger partial charge in [-0.15, -0.1) is 0 Å². The quantitative estimate of drug-likeness (QED) is 0.243. The molecule has 6 rings (SSSR count). The van der Waals surface area contributed by atoms with Crippen LogP contribution >= 0.6 is 0 Å². The zero-order valence-electron chi connectivity index (χ0n) is 19.9. The first kappa shape index (κ1) is 21.7. The number of anilines is 6. The van der Waals surface area contributed by atoms with E-state index in [1.165, 1.54) is 10.8 Å². The third-order valence-electron chi connectivity index (χ3n) is 6.40. The summed E-state index contributed by atoms with van der Waals surface area (Å²) < 4.78 is 0. The Hall–Kier alpha value is -4.82. The molecular weight excluding hydrogens is 436 g/mol. The molecule has 0 saturated carbocycles. The summed E-state index contributed by atoms with van der Waals surface area (Å²) in [6.07, 6.45) is 0. The van der Waals surface area contributed by atoms with Crippen LogP contribution in [0.25, 0.3) is 10.8 Å². The molecule has 0 amide bonds. The normalized spacial score (nSPS) is 10.8. The highest BCUT2D eigenvalue weighted by Gasteiger charge is 2.17. The lowest BCUT2D eigenvalue weighted by atomic mass is 10.0. The highest BCUT2D eigenvalue weighted by atomic mass is 15.2. The molecule has 0 spiro atoms. The number of para-hydroxylation sites is 4. The van der Waals surface area contributed by atoms with Crippen molar-refractivity contribution in [3.05, 3.63) is 158 Å². The largest absolute Gasteiger partial charge is 0.310 e. The van der Waals surface area contributed by atoms with Gasteiger partial charge in [-0.1, -0.05) is 91.0 Å². The molecule has 0 unspecified atom stereocenters. The van der Waals surface area contributed by atoms with Gasteiger partial charge >= 0.3 is 0 Å². The maximum Gasteiger partial charge on any atom is 0.0540 e. The van der Waals surface area contributed by atoms with Crippen LogP contribution in [0.3, 0.4) is 0 Å². The van der Waals surface area contributed by atoms with Crippen molar-refractivity contribution in [2.24, 2.45) is 0 Å². The van der Waals surface area contributed by atoms with E-state index in [1.807, 2.05) is 0 Å². The second-order valence-electron chi connectivity index (χ2n) is 8.70. The van der Waals surface area contributed by atoms with Crippen molar-refractivity contribution in [1.82, 2.24) is 0 Å². The smallest absolute Gasteiger partial charge is 0.0540 e. The summed E-state index contributed by atoms with van der Waals surface area (Å²) in [7, 11) is 0. The van der Waals surface area contributed by atoms with Gasteiger partial charge < -0.3 is 9.80 Å². The maximum absolute atomic E-state index is 2.33. The zero-order chi connectivity index (χ0) is 24.2. The van der Waals surface area contributed by atoms with Crippen LogP contribution in [0, 0.1) is 0 Å². The van der Waals surface area contributed by atoms with Crippen LogP contribution in [-0.4, -0.2) is 0 Å². The molecule has 36 heavy (non-hydrogen) atoms. The third-order valence-corrected chi connectivity index (χ3v) is 6.40. The molecular formula is C34H26N2. The lowest BCUT2D eigenvalue weighted by Crippen LogP contribution is -2.11. The molecule has 0 radical (unpaired) electrons. The number of benzene rings is 6. The Morgan fingerprint density at radius 2 is 0.750 bits per heavy atom. The molecule has 0 saturated heterocycles. The van der Waals surface area contributed by atoms with Crippen molar-refractivity contribution in [2.45, 2.75) is 0 Å². The van der Waals surface area contributed by atoms with Gasteiger partial charge in [0.25, 0.3) is 0 Å². The summed E-state index contributed by atoms with van der Waals surface area (Å²) >= 11 is 0. The topological polar surface area (TPSA) is 6.48 Å². The Morgan fingerprint density at radius 1 is 0.306 bits per heavy atom. The average molecular weight is 463 g/mol. The van der Waals surface area contributed by atoms with E-state index in [-0.39, 0.29) is 0 Å². The second-order valence-corrected chi connectivity index (χ2v) is 8.70. The van der Waals surface area contributed by atoms with Gasteiger partial charge in [-0.05, 0) is 72.1 Å². The first-order valence-electron chi connectivity index (χ1n) is 12.2. The number of fused-ring (bicyclic) bond motifs is 1. The van der Waals surface area contributed by atoms with E-state index < -0.39 is 0 Å². The van der Waals surface area contributed by atoms with Gasteiger partial charge in [-0.25, -0.2) is 0 Å². The molecule has 6 aromatic rings. The van der Waals surface area contributed by atoms with E-state index in [1.54, 1.807) is 0 Å². The molecule has 0 heterocycles. The van der Waals surface area contributed by atoms with Gasteiger partial charge in [0.1, 0.15) is 0 Å². The van der Waals surface area contributed by atoms with Crippen LogP contribution in [0.5, 0.6) is 0 Å². The average Bonchev–Trinajstić information content (AvgIpc) is 2.96. The standard InChI is InChI=1S/C34H26N2/c1-5-15-28(16-6-1)35(29-17-7-2-8-18-29)32-25-24-27-14-13-23-34(33(27)26-32)36(30-19-9-3-10-20-30)31-21-11-4-12-22-31/h1-26H. The van der Waals surface area contributed by atoms with Crippen LogP contribution in [0.1, 0.15) is 0 Å². The Morgan fingerprint density at radius 3 is 1.22 bits per heavy atom. The minimum absolute atomic E-state index is 1.12. The lowest BCUT2D eigenvalue weighted by molar-refractivity contribution is 1.28. The second kappa shape index (κ2) is 9.81. The number of rotatable bonds is 6. The number of nitrogens with zero attached hydrogens (tertiary/aromatic N) is 2. The fraction of sp³-hybridized carbons (Fsp3) is 0. The summed E-state index contributed by atoms with van der Waals surface area (Å²) in [5, 5.41) is 2.40. The van der Waals surface area contributed by atoms with Crippen LogP contribution in [-0.2, 0) is 0 Å². The van der Waals surface area contributed by atoms with Crippen LogP contribution < -0.4 is 9.80 Å². The van der Waals surface area contributed by atoms with Crippen molar-refractivity contribution in [2.75, 3.05) is 9.80 Å². The Kier molecular flexibility index (Phi) is 5.91. The first-order valence-corrected chi connectivity index (χ1v) is 12.2. The first-order chi connectivity index (χ1) is 17.9. The summed E-state index contributed by atoms with van der Waals surface area (Å²) in [6.45, 7) is 0. The van der Waals surface area contributed by atoms with Gasteiger partial charge in [0.15, 0.2) is 0 Å². The highest BCUT2D eigenvalue weighted by molar-refractivity contribution is 6.01. The Labute approximate surface area is 212 Å². The molecule has 0 N–H and O–H groups in total. The minimum atomic E-state index is 1.12. The van der Waals surface area contributed by atoms with Crippen molar-refractivity contribution in [3.8, 4) is 0 Å². The molecule has 0 fully saturated rings. The van der Waals surface area contributed by atoms with E-state index in [2.05, 4.69) is 168 Å². The van der Waals surface area contributed by atoms with Gasteiger partial charge in [-0.2, -0.15) is 0 Å². The summed E-state index contributed by atoms with van der Waals surface area (Å²) in [5.41, 5.74) is 6.78. The van der Waals surface area contributed by atoms with Crippen LogP contribution in [0.15, 0.2) is 158 Å². The van der Waals surface area contributed by atoms with E-state index in [9.17, 15) is 0 Å². The fourth-order valence-corrected chi connectivity index (χ4v) is 4.76. The highest BCUT2D eigenvalue weighted by Crippen LogP contribution is 2.41. The summed E-state index contributed by atoms with van der Waals surface area (Å²) in [5.74, 6) is 0. The number of hydrogen-bond donors (Lipinski definition) is 0. The molecule has 0 bridgehead atoms. The van der Waals surface area contributed by atoms with E-state index in [0.29, 0.717) is 0 Å². The Balaban J connectivity index is 1.57. The van der Waals surface area contributed by atoms with E-state index in [4.69, 9.17) is 0 Å². The Bertz CT molecular complexity index is 1480. The zero-order valence-corrected chi connectivity index (χ0v) is 19.9. The molecule has 172 valence electrons. The van der Waals surface area contributed by atoms with Crippen LogP contribution in [0.2, 0.25) is 0 Å². The molecule has 2 heteroatoms. The van der Waals surface area contributed by atoms with Gasteiger partial charge in [0.05, 0.1) is 5.69 Å². The van der Waals surface area contributed by atoms with Gasteiger partial charge in [0.2, 0.25) is 0 Å². The van der Waals surface area contributed by atoms with Crippen molar-refractivity contribution in [1.29, 1.82) is 0 Å². The van der Waals surface area contributed by atoms with E-state index in [0.717, 1.165) is 34.1 Å². The number of hydrogen-bond acceptors (Lipinski definition) is 2. The molecule has 0 atom stereocenters. The molecule has 2 nitrogen and oxygen atoms in total.